The summed E-state index contributed by atoms with van der Waals surface area (Å²) in [6, 6.07) is 123. The predicted octanol–water partition coefficient (Wildman–Crippen LogP) is 24.8. The van der Waals surface area contributed by atoms with E-state index in [9.17, 15) is 0 Å². The van der Waals surface area contributed by atoms with Gasteiger partial charge < -0.3 is 9.13 Å². The van der Waals surface area contributed by atoms with Crippen LogP contribution in [0.3, 0.4) is 0 Å². The van der Waals surface area contributed by atoms with E-state index in [0.717, 1.165) is 88.7 Å². The summed E-state index contributed by atoms with van der Waals surface area (Å²) in [6.07, 6.45) is 0. The van der Waals surface area contributed by atoms with Crippen LogP contribution in [0.2, 0.25) is 0 Å². The van der Waals surface area contributed by atoms with Gasteiger partial charge in [-0.1, -0.05) is 291 Å². The maximum atomic E-state index is 6.39. The van der Waals surface area contributed by atoms with E-state index >= 15 is 0 Å². The van der Waals surface area contributed by atoms with E-state index in [-0.39, 0.29) is 0 Å². The first-order valence-electron chi connectivity index (χ1n) is 35.4. The first kappa shape index (κ1) is 57.8. The van der Waals surface area contributed by atoms with Crippen LogP contribution in [0.15, 0.2) is 328 Å². The van der Waals surface area contributed by atoms with Gasteiger partial charge in [-0.15, -0.1) is 11.3 Å². The van der Waals surface area contributed by atoms with Crippen molar-refractivity contribution in [2.45, 2.75) is 37.8 Å². The summed E-state index contributed by atoms with van der Waals surface area (Å²) in [7, 11) is 0. The highest BCUT2D eigenvalue weighted by molar-refractivity contribution is 7.21. The Bertz CT molecular complexity index is 6180. The molecule has 2 aliphatic carbocycles. The SMILES string of the molecule is CCn1c2ccccc2c2c(-c3ccc4c5ccc(-c6cccc7c6c6ccccc6n7CC)cc5c5nc6c(-c7cccc8c7-c7ccccc7C8(c7ccccc7)c7ccccc7)sc(-c7cccc8c7-c7ccccc7C8(c7ccccc7)c7ccccc7)c6nc5c4c3)cccc21. The Morgan fingerprint density at radius 1 is 0.267 bits per heavy atom. The average molecular weight is 1310 g/mol. The fourth-order valence-corrected chi connectivity index (χ4v) is 19.9. The highest BCUT2D eigenvalue weighted by Crippen LogP contribution is 2.63. The number of hydrogen-bond acceptors (Lipinski definition) is 3. The Labute approximate surface area is 589 Å². The van der Waals surface area contributed by atoms with Crippen molar-refractivity contribution in [1.82, 2.24) is 19.1 Å². The van der Waals surface area contributed by atoms with E-state index in [0.29, 0.717) is 0 Å². The maximum absolute atomic E-state index is 6.39. The van der Waals surface area contributed by atoms with E-state index < -0.39 is 10.8 Å². The molecule has 4 aromatic heterocycles. The van der Waals surface area contributed by atoms with Crippen molar-refractivity contribution in [2.24, 2.45) is 0 Å². The average Bonchev–Trinajstić information content (AvgIpc) is 1.55. The summed E-state index contributed by atoms with van der Waals surface area (Å²) in [5.41, 5.74) is 29.0. The van der Waals surface area contributed by atoms with Gasteiger partial charge in [-0.25, -0.2) is 9.97 Å². The minimum Gasteiger partial charge on any atom is -0.341 e. The molecule has 0 saturated heterocycles. The Morgan fingerprint density at radius 2 is 0.594 bits per heavy atom. The van der Waals surface area contributed by atoms with Crippen LogP contribution in [0.4, 0.5) is 0 Å². The van der Waals surface area contributed by atoms with Crippen molar-refractivity contribution in [3.8, 4) is 65.4 Å². The van der Waals surface area contributed by atoms with Gasteiger partial charge in [0.1, 0.15) is 11.0 Å². The maximum Gasteiger partial charge on any atom is 0.109 e. The second kappa shape index (κ2) is 22.1. The number of fused-ring (bicyclic) bond motifs is 19. The molecule has 4 nitrogen and oxygen atoms in total. The van der Waals surface area contributed by atoms with Crippen LogP contribution in [-0.4, -0.2) is 19.1 Å². The molecule has 0 bridgehead atoms. The van der Waals surface area contributed by atoms with Crippen molar-refractivity contribution < 1.29 is 0 Å². The van der Waals surface area contributed by atoms with Crippen molar-refractivity contribution in [3.05, 3.63) is 372 Å². The first-order chi connectivity index (χ1) is 50.1. The van der Waals surface area contributed by atoms with Crippen LogP contribution < -0.4 is 0 Å². The second-order valence-electron chi connectivity index (χ2n) is 27.3. The van der Waals surface area contributed by atoms with Gasteiger partial charge in [-0.3, -0.25) is 0 Å². The molecule has 474 valence electrons. The van der Waals surface area contributed by atoms with Gasteiger partial charge in [0.15, 0.2) is 0 Å². The first-order valence-corrected chi connectivity index (χ1v) is 36.2. The zero-order chi connectivity index (χ0) is 66.7. The number of benzene rings is 15. The van der Waals surface area contributed by atoms with Gasteiger partial charge in [0.2, 0.25) is 0 Å². The smallest absolute Gasteiger partial charge is 0.109 e. The van der Waals surface area contributed by atoms with Crippen LogP contribution in [0.5, 0.6) is 0 Å². The molecule has 101 heavy (non-hydrogen) atoms. The second-order valence-corrected chi connectivity index (χ2v) is 28.4. The van der Waals surface area contributed by atoms with Gasteiger partial charge in [-0.05, 0) is 150 Å². The third-order valence-corrected chi connectivity index (χ3v) is 23.9. The molecule has 0 radical (unpaired) electrons. The summed E-state index contributed by atoms with van der Waals surface area (Å²) in [5.74, 6) is 0. The van der Waals surface area contributed by atoms with Crippen molar-refractivity contribution in [1.29, 1.82) is 0 Å². The molecule has 5 heteroatoms. The topological polar surface area (TPSA) is 35.6 Å². The molecule has 0 saturated carbocycles. The molecule has 0 N–H and O–H groups in total. The van der Waals surface area contributed by atoms with E-state index in [1.807, 2.05) is 11.3 Å². The normalized spacial score (nSPS) is 13.5. The van der Waals surface area contributed by atoms with Gasteiger partial charge >= 0.3 is 0 Å². The lowest BCUT2D eigenvalue weighted by atomic mass is 9.67. The molecule has 0 amide bonds. The number of hydrogen-bond donors (Lipinski definition) is 0. The van der Waals surface area contributed by atoms with Crippen LogP contribution in [0.1, 0.15) is 58.4 Å². The largest absolute Gasteiger partial charge is 0.341 e. The lowest BCUT2D eigenvalue weighted by molar-refractivity contribution is 0.768. The lowest BCUT2D eigenvalue weighted by Crippen LogP contribution is -2.28. The highest BCUT2D eigenvalue weighted by atomic mass is 32.1. The molecule has 4 heterocycles. The summed E-state index contributed by atoms with van der Waals surface area (Å²) in [4.78, 5) is 14.9. The summed E-state index contributed by atoms with van der Waals surface area (Å²) >= 11 is 1.85. The number of aromatic nitrogens is 4. The Balaban J connectivity index is 0.918. The number of thiophene rings is 1. The zero-order valence-electron chi connectivity index (χ0n) is 55.8. The third kappa shape index (κ3) is 7.90. The molecule has 0 fully saturated rings. The van der Waals surface area contributed by atoms with Crippen LogP contribution in [-0.2, 0) is 23.9 Å². The van der Waals surface area contributed by atoms with E-state index in [2.05, 4.69) is 351 Å². The molecular weight excluding hydrogens is 1240 g/mol. The quantitative estimate of drug-likeness (QED) is 0.128. The molecule has 21 rings (SSSR count). The molecular formula is C96H64N4S. The fourth-order valence-electron chi connectivity index (χ4n) is 18.7. The van der Waals surface area contributed by atoms with Gasteiger partial charge in [0.25, 0.3) is 0 Å². The number of nitrogens with zero attached hydrogens (tertiary/aromatic N) is 4. The van der Waals surface area contributed by atoms with Crippen LogP contribution >= 0.6 is 11.3 Å². The number of rotatable bonds is 10. The predicted molar refractivity (Wildman–Crippen MR) is 424 cm³/mol. The van der Waals surface area contributed by atoms with E-state index in [4.69, 9.17) is 9.97 Å². The Kier molecular flexibility index (Phi) is 12.6. The van der Waals surface area contributed by atoms with Crippen molar-refractivity contribution in [3.63, 3.8) is 0 Å². The standard InChI is InChI=1S/C96H64N4S/c1-3-99-81-49-23-19-39-71(81)87-65(41-27-51-83(87)99)59-53-55-67-68-56-54-60(66-42-28-52-84-88(66)72-40-20-24-50-82(72)100(84)4-2)58-76(68)90-89(75(67)57-59)97-91-92(98-90)94(74-44-26-48-80-86(74)70-38-18-22-46-78(70)96(80,63-33-13-7-14-34-63)64-35-15-8-16-36-64)101-93(91)73-43-25-47-79-85(73)69-37-17-21-45-77(69)95(79,61-29-9-5-10-30-61)62-31-11-6-12-32-62/h5-58H,3-4H2,1-2H3. The number of para-hydroxylation sites is 2. The molecule has 2 aliphatic rings. The molecule has 19 aromatic rings. The monoisotopic (exact) mass is 1300 g/mol. The molecule has 0 unspecified atom stereocenters. The minimum absolute atomic E-state index is 0.619. The lowest BCUT2D eigenvalue weighted by Gasteiger charge is -2.34. The molecule has 0 atom stereocenters. The van der Waals surface area contributed by atoms with Gasteiger partial charge in [0, 0.05) is 78.6 Å². The zero-order valence-corrected chi connectivity index (χ0v) is 56.6. The summed E-state index contributed by atoms with van der Waals surface area (Å²) in [6.45, 7) is 6.24. The van der Waals surface area contributed by atoms with E-state index in [1.54, 1.807) is 0 Å². The Morgan fingerprint density at radius 3 is 1.00 bits per heavy atom. The van der Waals surface area contributed by atoms with Crippen molar-refractivity contribution >= 4 is 98.6 Å². The highest BCUT2D eigenvalue weighted by Gasteiger charge is 2.49. The van der Waals surface area contributed by atoms with Crippen LogP contribution in [0.25, 0.3) is 153 Å². The van der Waals surface area contributed by atoms with Crippen LogP contribution in [0, 0.1) is 0 Å². The molecule has 0 spiro atoms. The Hall–Kier alpha value is -12.3. The fraction of sp³-hybridized carbons (Fsp3) is 0.0625. The minimum atomic E-state index is -0.619. The van der Waals surface area contributed by atoms with E-state index in [1.165, 1.54) is 122 Å². The number of aryl methyl sites for hydroxylation is 2. The summed E-state index contributed by atoms with van der Waals surface area (Å²) < 4.78 is 4.92. The van der Waals surface area contributed by atoms with Gasteiger partial charge in [-0.2, -0.15) is 0 Å². The third-order valence-electron chi connectivity index (χ3n) is 22.7. The van der Waals surface area contributed by atoms with Crippen molar-refractivity contribution in [2.75, 3.05) is 0 Å². The molecule has 15 aromatic carbocycles. The summed E-state index contributed by atoms with van der Waals surface area (Å²) in [5, 5.41) is 9.44. The van der Waals surface area contributed by atoms with Gasteiger partial charge in [0.05, 0.1) is 31.6 Å². The molecule has 0 aliphatic heterocycles.